The second-order valence-electron chi connectivity index (χ2n) is 31.8. The lowest BCUT2D eigenvalue weighted by Gasteiger charge is -2.33. The molecule has 112 heavy (non-hydrogen) atoms. The molecule has 16 aromatic carbocycles. The van der Waals surface area contributed by atoms with Crippen LogP contribution in [-0.2, 0) is 10.8 Å². The molecule has 21 rings (SSSR count). The number of hydrogen-bond donors (Lipinski definition) is 4. The summed E-state index contributed by atoms with van der Waals surface area (Å²) in [6.45, 7) is 9.59. The lowest BCUT2D eigenvalue weighted by Crippen LogP contribution is -2.39. The van der Waals surface area contributed by atoms with Gasteiger partial charge in [-0.1, -0.05) is 313 Å². The molecule has 4 nitrogen and oxygen atoms in total. The van der Waals surface area contributed by atoms with E-state index < -0.39 is 6.17 Å². The van der Waals surface area contributed by atoms with Crippen molar-refractivity contribution in [2.24, 2.45) is 5.73 Å². The Labute approximate surface area is 661 Å². The largest absolute Gasteiger partial charge is 0.366 e. The zero-order valence-electron chi connectivity index (χ0n) is 62.8. The molecule has 6 heteroatoms. The van der Waals surface area contributed by atoms with Crippen LogP contribution in [0.3, 0.4) is 0 Å². The second kappa shape index (κ2) is 27.0. The monoisotopic (exact) mass is 1470 g/mol. The minimum absolute atomic E-state index is 0.0678. The van der Waals surface area contributed by atoms with Crippen LogP contribution in [0, 0.1) is 0 Å². The molecule has 0 radical (unpaired) electrons. The van der Waals surface area contributed by atoms with Gasteiger partial charge in [0.05, 0.1) is 18.2 Å². The number of nitrogens with two attached hydrogens (primary N) is 1. The summed E-state index contributed by atoms with van der Waals surface area (Å²) < 4.78 is 5.13. The first kappa shape index (κ1) is 67.7. The maximum atomic E-state index is 7.09. The zero-order chi connectivity index (χ0) is 74.9. The topological polar surface area (TPSA) is 62.1 Å². The quantitative estimate of drug-likeness (QED) is 0.0820. The number of nitrogens with one attached hydrogen (secondary N) is 3. The zero-order valence-corrected chi connectivity index (χ0v) is 64.4. The average molecular weight is 1470 g/mol. The first-order valence-electron chi connectivity index (χ1n) is 39.1. The van der Waals surface area contributed by atoms with Gasteiger partial charge in [-0.05, 0) is 228 Å². The van der Waals surface area contributed by atoms with Gasteiger partial charge in [0.2, 0.25) is 0 Å². The SMILES string of the molecule is CC1(C)c2cc3ccccc3cc2-c2c(-c3ccc(C4=CC(c5cccc(-c6ccc7c(c6)sc6cc(-c8cc(-c9ccc(/C=C/C(NC(N)c%10ccccc%10)c%10ccccc%10-c%10ccc%11c(c%10)sc%10ccccc%10%11)cc9)c9c(c8)C(C)(C)c8cc%10ccccc%10cc8-9)ccc67)c5)NC(c5ccccc5)N4)cc3)cccc21. The fraction of sp³-hybridized carbons (Fsp3) is 0.0943. The molecule has 0 saturated heterocycles. The Morgan fingerprint density at radius 2 is 0.857 bits per heavy atom. The summed E-state index contributed by atoms with van der Waals surface area (Å²) in [6, 6.07) is 126. The molecule has 4 unspecified atom stereocenters. The van der Waals surface area contributed by atoms with E-state index in [1.165, 1.54) is 173 Å². The Morgan fingerprint density at radius 3 is 1.55 bits per heavy atom. The van der Waals surface area contributed by atoms with Gasteiger partial charge in [-0.25, -0.2) is 0 Å². The molecule has 0 bridgehead atoms. The summed E-state index contributed by atoms with van der Waals surface area (Å²) >= 11 is 3.74. The molecular formula is C106H80N4S2. The summed E-state index contributed by atoms with van der Waals surface area (Å²) in [7, 11) is 0. The number of rotatable bonds is 14. The smallest absolute Gasteiger partial charge is 0.104 e. The standard InChI is InChI=1S/C106H80N4S2/c1-105(2)90-35-20-34-81(101(90)88-54-71-25-11-13-27-73(71)57-91(88)105)65-42-44-67(45-43-65)95-63-96(110-104(109-95)69-23-9-6-10-24-69)78-30-19-29-70(53-78)75-46-49-85-86-50-47-76(61-99(86)112-98(85)60-75)79-56-87(102-89-55-72-26-12-14-28-74(72)58-92(89)106(3,4)93(102)59-79)66-40-37-64(38-41-66)39-52-94(108-103(107)68-21-7-5-8-22-68)82-32-16-15-31-80(82)77-48-51-84-83-33-17-18-36-97(83)111-100(84)62-77/h5-63,94,96,103-104,108-110H,107H2,1-4H3/b52-39+. The van der Waals surface area contributed by atoms with E-state index in [4.69, 9.17) is 5.73 Å². The summed E-state index contributed by atoms with van der Waals surface area (Å²) in [4.78, 5) is 0. The molecule has 18 aromatic rings. The molecule has 0 saturated carbocycles. The van der Waals surface area contributed by atoms with Gasteiger partial charge in [-0.2, -0.15) is 0 Å². The van der Waals surface area contributed by atoms with Crippen molar-refractivity contribution in [1.82, 2.24) is 16.0 Å². The van der Waals surface area contributed by atoms with Crippen molar-refractivity contribution in [3.8, 4) is 77.9 Å². The minimum Gasteiger partial charge on any atom is -0.366 e. The van der Waals surface area contributed by atoms with E-state index in [-0.39, 0.29) is 29.1 Å². The number of thiophene rings is 2. The van der Waals surface area contributed by atoms with Crippen molar-refractivity contribution in [3.63, 3.8) is 0 Å². The minimum atomic E-state index is -0.405. The van der Waals surface area contributed by atoms with E-state index in [2.05, 4.69) is 396 Å². The summed E-state index contributed by atoms with van der Waals surface area (Å²) in [5, 5.41) is 22.0. The maximum absolute atomic E-state index is 7.09. The molecule has 536 valence electrons. The fourth-order valence-electron chi connectivity index (χ4n) is 18.5. The van der Waals surface area contributed by atoms with Crippen LogP contribution < -0.4 is 21.7 Å². The molecule has 0 fully saturated rings. The summed E-state index contributed by atoms with van der Waals surface area (Å²) in [5.74, 6) is 0. The Bertz CT molecular complexity index is 6880. The first-order chi connectivity index (χ1) is 54.9. The van der Waals surface area contributed by atoms with E-state index >= 15 is 0 Å². The third-order valence-corrected chi connectivity index (χ3v) is 26.7. The number of benzene rings is 16. The van der Waals surface area contributed by atoms with Crippen molar-refractivity contribution >= 4 is 96.3 Å². The molecule has 4 atom stereocenters. The number of fused-ring (bicyclic) bond motifs is 14. The molecule has 3 heterocycles. The molecule has 3 aliphatic rings. The normalized spacial score (nSPS) is 15.9. The van der Waals surface area contributed by atoms with Crippen LogP contribution in [0.5, 0.6) is 0 Å². The molecule has 5 N–H and O–H groups in total. The van der Waals surface area contributed by atoms with E-state index in [1.807, 2.05) is 28.7 Å². The van der Waals surface area contributed by atoms with Crippen molar-refractivity contribution in [2.45, 2.75) is 62.9 Å². The average Bonchev–Trinajstić information content (AvgIpc) is 1.55. The third-order valence-electron chi connectivity index (χ3n) is 24.4. The van der Waals surface area contributed by atoms with Crippen LogP contribution in [0.15, 0.2) is 352 Å². The van der Waals surface area contributed by atoms with E-state index in [0.29, 0.717) is 0 Å². The van der Waals surface area contributed by atoms with Crippen molar-refractivity contribution in [1.29, 1.82) is 0 Å². The van der Waals surface area contributed by atoms with Crippen molar-refractivity contribution < 1.29 is 0 Å². The summed E-state index contributed by atoms with van der Waals surface area (Å²) in [5.41, 5.74) is 37.5. The van der Waals surface area contributed by atoms with Gasteiger partial charge in [0.1, 0.15) is 6.17 Å². The van der Waals surface area contributed by atoms with Gasteiger partial charge < -0.3 is 11.1 Å². The highest BCUT2D eigenvalue weighted by Crippen LogP contribution is 2.57. The molecule has 0 spiro atoms. The van der Waals surface area contributed by atoms with Crippen LogP contribution in [0.2, 0.25) is 0 Å². The Balaban J connectivity index is 0.599. The van der Waals surface area contributed by atoms with E-state index in [1.54, 1.807) is 0 Å². The van der Waals surface area contributed by atoms with Gasteiger partial charge in [0.25, 0.3) is 0 Å². The fourth-order valence-corrected chi connectivity index (χ4v) is 20.8. The van der Waals surface area contributed by atoms with E-state index in [0.717, 1.165) is 28.0 Å². The van der Waals surface area contributed by atoms with Crippen LogP contribution in [0.4, 0.5) is 0 Å². The van der Waals surface area contributed by atoms with Crippen LogP contribution in [-0.4, -0.2) is 0 Å². The number of hydrogen-bond acceptors (Lipinski definition) is 6. The Kier molecular flexibility index (Phi) is 16.3. The predicted octanol–water partition coefficient (Wildman–Crippen LogP) is 27.7. The van der Waals surface area contributed by atoms with E-state index in [9.17, 15) is 0 Å². The molecule has 2 aliphatic carbocycles. The lowest BCUT2D eigenvalue weighted by molar-refractivity contribution is 0.443. The third kappa shape index (κ3) is 11.7. The molecule has 1 aliphatic heterocycles. The Morgan fingerprint density at radius 1 is 0.357 bits per heavy atom. The van der Waals surface area contributed by atoms with Gasteiger partial charge in [-0.15, -0.1) is 22.7 Å². The van der Waals surface area contributed by atoms with Crippen molar-refractivity contribution in [2.75, 3.05) is 0 Å². The van der Waals surface area contributed by atoms with Crippen LogP contribution in [0.1, 0.15) is 108 Å². The van der Waals surface area contributed by atoms with Crippen molar-refractivity contribution in [3.05, 3.63) is 408 Å². The van der Waals surface area contributed by atoms with Crippen LogP contribution in [0.25, 0.3) is 152 Å². The predicted molar refractivity (Wildman–Crippen MR) is 477 cm³/mol. The van der Waals surface area contributed by atoms with Gasteiger partial charge in [0, 0.05) is 56.9 Å². The Hall–Kier alpha value is -12.4. The molecule has 2 aromatic heterocycles. The highest BCUT2D eigenvalue weighted by Gasteiger charge is 2.40. The molecular weight excluding hydrogens is 1390 g/mol. The maximum Gasteiger partial charge on any atom is 0.104 e. The highest BCUT2D eigenvalue weighted by atomic mass is 32.1. The van der Waals surface area contributed by atoms with Crippen LogP contribution >= 0.6 is 22.7 Å². The van der Waals surface area contributed by atoms with Gasteiger partial charge >= 0.3 is 0 Å². The second-order valence-corrected chi connectivity index (χ2v) is 33.9. The first-order valence-corrected chi connectivity index (χ1v) is 40.7. The lowest BCUT2D eigenvalue weighted by atomic mass is 9.80. The van der Waals surface area contributed by atoms with Gasteiger partial charge in [-0.3, -0.25) is 10.6 Å². The highest BCUT2D eigenvalue weighted by molar-refractivity contribution is 7.26. The summed E-state index contributed by atoms with van der Waals surface area (Å²) in [6.07, 6.45) is 6.40. The van der Waals surface area contributed by atoms with Gasteiger partial charge in [0.15, 0.2) is 0 Å². The molecule has 0 amide bonds.